The number of rotatable bonds is 6. The highest BCUT2D eigenvalue weighted by molar-refractivity contribution is 5.81. The molecule has 0 aliphatic heterocycles. The maximum absolute atomic E-state index is 12.4. The summed E-state index contributed by atoms with van der Waals surface area (Å²) in [6.45, 7) is 0. The zero-order valence-corrected chi connectivity index (χ0v) is 15.5. The van der Waals surface area contributed by atoms with E-state index in [1.807, 2.05) is 31.3 Å². The molecule has 1 fully saturated rings. The van der Waals surface area contributed by atoms with Gasteiger partial charge >= 0.3 is 0 Å². The Balaban J connectivity index is 1.93. The number of hydrogen-bond donors (Lipinski definition) is 2. The summed E-state index contributed by atoms with van der Waals surface area (Å²) >= 11 is 0. The molecule has 3 N–H and O–H groups in total. The third-order valence-electron chi connectivity index (χ3n) is 5.70. The Morgan fingerprint density at radius 1 is 1.23 bits per heavy atom. The van der Waals surface area contributed by atoms with E-state index >= 15 is 0 Å². The molecule has 1 aliphatic rings. The Hall–Kier alpha value is -2.40. The van der Waals surface area contributed by atoms with Crippen LogP contribution in [0.5, 0.6) is 5.75 Å². The topological polar surface area (TPSA) is 77.2 Å². The number of carbonyl (C=O) groups excluding carboxylic acids is 1. The molecule has 3 rings (SSSR count). The molecule has 1 aliphatic carbocycles. The molecule has 0 atom stereocenters. The average Bonchev–Trinajstić information content (AvgIpc) is 2.69. The number of carbonyl (C=O) groups is 1. The normalized spacial score (nSPS) is 22.8. The first-order valence-electron chi connectivity index (χ1n) is 9.12. The van der Waals surface area contributed by atoms with Crippen molar-refractivity contribution in [1.29, 1.82) is 0 Å². The summed E-state index contributed by atoms with van der Waals surface area (Å²) in [6.07, 6.45) is 7.71. The van der Waals surface area contributed by atoms with Gasteiger partial charge in [0, 0.05) is 18.4 Å². The number of nitrogens with zero attached hydrogens (tertiary/aromatic N) is 1. The Bertz CT molecular complexity index is 753. The first-order chi connectivity index (χ1) is 12.6. The molecule has 0 bridgehead atoms. The van der Waals surface area contributed by atoms with Crippen LogP contribution in [0.25, 0.3) is 11.1 Å². The van der Waals surface area contributed by atoms with Gasteiger partial charge in [-0.3, -0.25) is 9.78 Å². The summed E-state index contributed by atoms with van der Waals surface area (Å²) in [5.41, 5.74) is 8.58. The van der Waals surface area contributed by atoms with Crippen LogP contribution in [0.4, 0.5) is 0 Å². The van der Waals surface area contributed by atoms with Crippen LogP contribution < -0.4 is 15.8 Å². The van der Waals surface area contributed by atoms with E-state index in [0.29, 0.717) is 12.5 Å². The van der Waals surface area contributed by atoms with Gasteiger partial charge in [0.15, 0.2) is 0 Å². The minimum atomic E-state index is -0.502. The fraction of sp³-hybridized carbons (Fsp3) is 0.429. The molecule has 1 aromatic carbocycles. The number of hydrogen-bond acceptors (Lipinski definition) is 4. The van der Waals surface area contributed by atoms with Gasteiger partial charge in [-0.2, -0.15) is 0 Å². The van der Waals surface area contributed by atoms with E-state index in [9.17, 15) is 4.79 Å². The number of amides is 1. The van der Waals surface area contributed by atoms with Crippen LogP contribution in [0.1, 0.15) is 31.2 Å². The number of methoxy groups -OCH3 is 1. The summed E-state index contributed by atoms with van der Waals surface area (Å²) in [5.74, 6) is 0.600. The van der Waals surface area contributed by atoms with Crippen molar-refractivity contribution in [2.75, 3.05) is 14.2 Å². The predicted molar refractivity (Wildman–Crippen MR) is 103 cm³/mol. The number of nitrogens with two attached hydrogens (primary N) is 1. The van der Waals surface area contributed by atoms with Crippen LogP contribution in [0.2, 0.25) is 0 Å². The largest absolute Gasteiger partial charge is 0.496 e. The maximum Gasteiger partial charge on any atom is 0.223 e. The fourth-order valence-electron chi connectivity index (χ4n) is 3.97. The molecule has 1 aromatic heterocycles. The average molecular weight is 353 g/mol. The molecule has 2 aromatic rings. The monoisotopic (exact) mass is 353 g/mol. The second kappa shape index (κ2) is 7.87. The molecule has 1 saturated carbocycles. The number of pyridine rings is 1. The maximum atomic E-state index is 12.4. The van der Waals surface area contributed by atoms with E-state index in [1.54, 1.807) is 19.5 Å². The van der Waals surface area contributed by atoms with E-state index in [4.69, 9.17) is 10.5 Å². The lowest BCUT2D eigenvalue weighted by Gasteiger charge is -2.38. The minimum Gasteiger partial charge on any atom is -0.496 e. The van der Waals surface area contributed by atoms with Crippen LogP contribution in [0.3, 0.4) is 0 Å². The molecule has 1 amide bonds. The van der Waals surface area contributed by atoms with Crippen molar-refractivity contribution in [3.63, 3.8) is 0 Å². The number of primary amides is 1. The lowest BCUT2D eigenvalue weighted by Crippen LogP contribution is -2.45. The summed E-state index contributed by atoms with van der Waals surface area (Å²) in [6, 6.07) is 10.5. The van der Waals surface area contributed by atoms with Crippen molar-refractivity contribution in [2.24, 2.45) is 11.1 Å². The smallest absolute Gasteiger partial charge is 0.223 e. The first-order valence-corrected chi connectivity index (χ1v) is 9.12. The predicted octanol–water partition coefficient (Wildman–Crippen LogP) is 2.93. The second-order valence-corrected chi connectivity index (χ2v) is 7.15. The van der Waals surface area contributed by atoms with Gasteiger partial charge in [-0.1, -0.05) is 6.07 Å². The third-order valence-corrected chi connectivity index (χ3v) is 5.70. The van der Waals surface area contributed by atoms with Gasteiger partial charge in [0.25, 0.3) is 0 Å². The van der Waals surface area contributed by atoms with Crippen molar-refractivity contribution in [2.45, 2.75) is 38.1 Å². The first kappa shape index (κ1) is 18.4. The van der Waals surface area contributed by atoms with E-state index in [1.165, 1.54) is 0 Å². The number of nitrogens with one attached hydrogen (secondary N) is 1. The van der Waals surface area contributed by atoms with Gasteiger partial charge in [-0.25, -0.2) is 0 Å². The zero-order chi connectivity index (χ0) is 18.6. The lowest BCUT2D eigenvalue weighted by atomic mass is 9.68. The molecule has 1 heterocycles. The highest BCUT2D eigenvalue weighted by atomic mass is 16.5. The number of benzene rings is 1. The Morgan fingerprint density at radius 2 is 1.92 bits per heavy atom. The third kappa shape index (κ3) is 3.73. The Labute approximate surface area is 155 Å². The number of aromatic nitrogens is 1. The highest BCUT2D eigenvalue weighted by Crippen LogP contribution is 2.41. The van der Waals surface area contributed by atoms with Crippen LogP contribution in [0.15, 0.2) is 42.7 Å². The Kier molecular flexibility index (Phi) is 5.57. The minimum absolute atomic E-state index is 0.205. The molecule has 138 valence electrons. The van der Waals surface area contributed by atoms with E-state index in [2.05, 4.69) is 16.4 Å². The quantitative estimate of drug-likeness (QED) is 0.837. The standard InChI is InChI=1S/C21H27N3O2/c1-23-18-5-9-21(10-6-18,20(22)25)14-17-13-16(3-4-19(17)26-2)15-7-11-24-12-8-15/h3-4,7-8,11-13,18,23H,5-6,9-10,14H2,1-2H3,(H2,22,25). The molecule has 0 saturated heterocycles. The molecule has 0 spiro atoms. The van der Waals surface area contributed by atoms with Gasteiger partial charge < -0.3 is 15.8 Å². The van der Waals surface area contributed by atoms with Crippen LogP contribution in [0, 0.1) is 5.41 Å². The molecule has 0 unspecified atom stereocenters. The second-order valence-electron chi connectivity index (χ2n) is 7.15. The summed E-state index contributed by atoms with van der Waals surface area (Å²) in [5, 5.41) is 3.31. The zero-order valence-electron chi connectivity index (χ0n) is 15.5. The molecular weight excluding hydrogens is 326 g/mol. The lowest BCUT2D eigenvalue weighted by molar-refractivity contribution is -0.129. The number of ether oxygens (including phenoxy) is 1. The van der Waals surface area contributed by atoms with Gasteiger partial charge in [0.2, 0.25) is 5.91 Å². The van der Waals surface area contributed by atoms with Gasteiger partial charge in [0.05, 0.1) is 12.5 Å². The summed E-state index contributed by atoms with van der Waals surface area (Å²) < 4.78 is 5.57. The van der Waals surface area contributed by atoms with E-state index < -0.39 is 5.41 Å². The van der Waals surface area contributed by atoms with Crippen molar-refractivity contribution in [1.82, 2.24) is 10.3 Å². The van der Waals surface area contributed by atoms with Crippen LogP contribution in [-0.2, 0) is 11.2 Å². The molecule has 0 radical (unpaired) electrons. The van der Waals surface area contributed by atoms with E-state index in [-0.39, 0.29) is 5.91 Å². The van der Waals surface area contributed by atoms with Crippen molar-refractivity contribution < 1.29 is 9.53 Å². The fourth-order valence-corrected chi connectivity index (χ4v) is 3.97. The molecular formula is C21H27N3O2. The summed E-state index contributed by atoms with van der Waals surface area (Å²) in [7, 11) is 3.64. The van der Waals surface area contributed by atoms with E-state index in [0.717, 1.165) is 48.1 Å². The summed E-state index contributed by atoms with van der Waals surface area (Å²) in [4.78, 5) is 16.5. The van der Waals surface area contributed by atoms with Crippen molar-refractivity contribution >= 4 is 5.91 Å². The van der Waals surface area contributed by atoms with Crippen molar-refractivity contribution in [3.05, 3.63) is 48.3 Å². The Morgan fingerprint density at radius 3 is 2.50 bits per heavy atom. The van der Waals surface area contributed by atoms with Gasteiger partial charge in [-0.15, -0.1) is 0 Å². The van der Waals surface area contributed by atoms with Gasteiger partial charge in [-0.05, 0) is 80.1 Å². The van der Waals surface area contributed by atoms with Crippen LogP contribution >= 0.6 is 0 Å². The molecule has 5 heteroatoms. The highest BCUT2D eigenvalue weighted by Gasteiger charge is 2.40. The SMILES string of the molecule is CNC1CCC(Cc2cc(-c3ccncc3)ccc2OC)(C(N)=O)CC1. The van der Waals surface area contributed by atoms with Gasteiger partial charge in [0.1, 0.15) is 5.75 Å². The molecule has 26 heavy (non-hydrogen) atoms. The van der Waals surface area contributed by atoms with Crippen LogP contribution in [-0.4, -0.2) is 31.1 Å². The van der Waals surface area contributed by atoms with Crippen molar-refractivity contribution in [3.8, 4) is 16.9 Å². The molecule has 5 nitrogen and oxygen atoms in total.